The Labute approximate surface area is 77.3 Å². The van der Waals surface area contributed by atoms with Gasteiger partial charge in [-0.1, -0.05) is 0 Å². The molecule has 4 nitrogen and oxygen atoms in total. The number of terminal acetylenes is 1. The molecule has 0 aliphatic carbocycles. The zero-order valence-corrected chi connectivity index (χ0v) is 7.54. The molecule has 1 heterocycles. The molecule has 2 amide bonds. The monoisotopic (exact) mass is 180 g/mol. The molecule has 0 aromatic heterocycles. The summed E-state index contributed by atoms with van der Waals surface area (Å²) in [5, 5.41) is 2.70. The van der Waals surface area contributed by atoms with Gasteiger partial charge in [0, 0.05) is 19.6 Å². The summed E-state index contributed by atoms with van der Waals surface area (Å²) in [6, 6.07) is 0. The van der Waals surface area contributed by atoms with Crippen LogP contribution in [-0.2, 0) is 9.59 Å². The minimum absolute atomic E-state index is 0.00331. The van der Waals surface area contributed by atoms with Crippen LogP contribution in [0, 0.1) is 18.3 Å². The molecular formula is C9H12N2O2. The number of nitrogens with one attached hydrogen (secondary N) is 1. The predicted octanol–water partition coefficient (Wildman–Crippen LogP) is -0.786. The topological polar surface area (TPSA) is 49.4 Å². The highest BCUT2D eigenvalue weighted by atomic mass is 16.2. The van der Waals surface area contributed by atoms with Crippen LogP contribution in [0.25, 0.3) is 0 Å². The summed E-state index contributed by atoms with van der Waals surface area (Å²) in [5.74, 6) is 1.61. The first-order valence-corrected chi connectivity index (χ1v) is 4.22. The molecule has 0 spiro atoms. The predicted molar refractivity (Wildman–Crippen MR) is 47.6 cm³/mol. The molecule has 0 bridgehead atoms. The van der Waals surface area contributed by atoms with Crippen molar-refractivity contribution in [3.05, 3.63) is 0 Å². The van der Waals surface area contributed by atoms with Crippen molar-refractivity contribution in [2.24, 2.45) is 5.92 Å². The van der Waals surface area contributed by atoms with E-state index in [-0.39, 0.29) is 17.7 Å². The standard InChI is InChI=1S/C9H12N2O2/c1-3-8(12)11-5-7(6-11)9(13)10-4-2/h1,7H,4-6H2,2H3,(H,10,13). The second-order valence-electron chi connectivity index (χ2n) is 2.95. The van der Waals surface area contributed by atoms with Crippen LogP contribution in [0.1, 0.15) is 6.92 Å². The van der Waals surface area contributed by atoms with Crippen LogP contribution in [0.15, 0.2) is 0 Å². The lowest BCUT2D eigenvalue weighted by Crippen LogP contribution is -2.55. The fourth-order valence-corrected chi connectivity index (χ4v) is 1.22. The Balaban J connectivity index is 2.30. The lowest BCUT2D eigenvalue weighted by Gasteiger charge is -2.36. The van der Waals surface area contributed by atoms with E-state index in [1.54, 1.807) is 0 Å². The first-order chi connectivity index (χ1) is 6.19. The van der Waals surface area contributed by atoms with Crippen molar-refractivity contribution in [3.8, 4) is 12.3 Å². The Morgan fingerprint density at radius 2 is 2.23 bits per heavy atom. The summed E-state index contributed by atoms with van der Waals surface area (Å²) in [5.41, 5.74) is 0. The van der Waals surface area contributed by atoms with Gasteiger partial charge in [-0.05, 0) is 12.8 Å². The molecule has 1 saturated heterocycles. The first kappa shape index (κ1) is 9.59. The highest BCUT2D eigenvalue weighted by Crippen LogP contribution is 2.14. The molecule has 0 aromatic rings. The minimum atomic E-state index is -0.333. The largest absolute Gasteiger partial charge is 0.356 e. The van der Waals surface area contributed by atoms with Gasteiger partial charge in [-0.25, -0.2) is 0 Å². The normalized spacial score (nSPS) is 15.8. The van der Waals surface area contributed by atoms with Crippen molar-refractivity contribution >= 4 is 11.8 Å². The van der Waals surface area contributed by atoms with Gasteiger partial charge in [0.1, 0.15) is 0 Å². The zero-order chi connectivity index (χ0) is 9.84. The average molecular weight is 180 g/mol. The summed E-state index contributed by atoms with van der Waals surface area (Å²) in [7, 11) is 0. The molecule has 0 unspecified atom stereocenters. The highest BCUT2D eigenvalue weighted by Gasteiger charge is 2.34. The van der Waals surface area contributed by atoms with E-state index >= 15 is 0 Å². The second-order valence-corrected chi connectivity index (χ2v) is 2.95. The second kappa shape index (κ2) is 3.94. The number of likely N-dealkylation sites (tertiary alicyclic amines) is 1. The maximum atomic E-state index is 11.2. The Morgan fingerprint density at radius 1 is 1.62 bits per heavy atom. The molecule has 0 atom stereocenters. The van der Waals surface area contributed by atoms with Crippen molar-refractivity contribution in [3.63, 3.8) is 0 Å². The van der Waals surface area contributed by atoms with Gasteiger partial charge in [0.2, 0.25) is 5.91 Å². The van der Waals surface area contributed by atoms with Crippen molar-refractivity contribution in [2.45, 2.75) is 6.92 Å². The van der Waals surface area contributed by atoms with Gasteiger partial charge in [-0.3, -0.25) is 9.59 Å². The van der Waals surface area contributed by atoms with Gasteiger partial charge >= 0.3 is 0 Å². The van der Waals surface area contributed by atoms with Crippen LogP contribution in [0.5, 0.6) is 0 Å². The lowest BCUT2D eigenvalue weighted by molar-refractivity contribution is -0.138. The van der Waals surface area contributed by atoms with Gasteiger partial charge in [-0.15, -0.1) is 6.42 Å². The van der Waals surface area contributed by atoms with Crippen LogP contribution in [0.2, 0.25) is 0 Å². The van der Waals surface area contributed by atoms with E-state index < -0.39 is 0 Å². The van der Waals surface area contributed by atoms with Crippen LogP contribution < -0.4 is 5.32 Å². The molecule has 1 N–H and O–H groups in total. The number of hydrogen-bond donors (Lipinski definition) is 1. The van der Waals surface area contributed by atoms with Gasteiger partial charge in [0.05, 0.1) is 5.92 Å². The molecule has 1 rings (SSSR count). The van der Waals surface area contributed by atoms with E-state index in [0.29, 0.717) is 19.6 Å². The molecule has 0 saturated carbocycles. The van der Waals surface area contributed by atoms with Crippen LogP contribution in [0.3, 0.4) is 0 Å². The first-order valence-electron chi connectivity index (χ1n) is 4.22. The molecule has 13 heavy (non-hydrogen) atoms. The van der Waals surface area contributed by atoms with Crippen LogP contribution >= 0.6 is 0 Å². The van der Waals surface area contributed by atoms with Gasteiger partial charge < -0.3 is 10.2 Å². The number of nitrogens with zero attached hydrogens (tertiary/aromatic N) is 1. The fourth-order valence-electron chi connectivity index (χ4n) is 1.22. The summed E-state index contributed by atoms with van der Waals surface area (Å²) in [4.78, 5) is 23.5. The van der Waals surface area contributed by atoms with Crippen molar-refractivity contribution in [1.29, 1.82) is 0 Å². The minimum Gasteiger partial charge on any atom is -0.356 e. The fraction of sp³-hybridized carbons (Fsp3) is 0.556. The third-order valence-electron chi connectivity index (χ3n) is 2.01. The number of rotatable bonds is 2. The maximum Gasteiger partial charge on any atom is 0.298 e. The van der Waals surface area contributed by atoms with Crippen molar-refractivity contribution < 1.29 is 9.59 Å². The van der Waals surface area contributed by atoms with Gasteiger partial charge in [-0.2, -0.15) is 0 Å². The molecular weight excluding hydrogens is 168 g/mol. The van der Waals surface area contributed by atoms with E-state index in [9.17, 15) is 9.59 Å². The third kappa shape index (κ3) is 2.00. The Hall–Kier alpha value is -1.50. The third-order valence-corrected chi connectivity index (χ3v) is 2.01. The van der Waals surface area contributed by atoms with Crippen molar-refractivity contribution in [2.75, 3.05) is 19.6 Å². The maximum absolute atomic E-state index is 11.2. The van der Waals surface area contributed by atoms with Crippen LogP contribution in [-0.4, -0.2) is 36.3 Å². The highest BCUT2D eigenvalue weighted by molar-refractivity contribution is 5.94. The number of carbonyl (C=O) groups excluding carboxylic acids is 2. The molecule has 70 valence electrons. The number of hydrogen-bond acceptors (Lipinski definition) is 2. The van der Waals surface area contributed by atoms with E-state index in [1.165, 1.54) is 4.90 Å². The van der Waals surface area contributed by atoms with E-state index in [0.717, 1.165) is 0 Å². The Kier molecular flexibility index (Phi) is 2.91. The molecule has 4 heteroatoms. The zero-order valence-electron chi connectivity index (χ0n) is 7.54. The van der Waals surface area contributed by atoms with Gasteiger partial charge in [0.15, 0.2) is 0 Å². The van der Waals surface area contributed by atoms with E-state index in [1.807, 2.05) is 12.8 Å². The molecule has 1 aliphatic rings. The SMILES string of the molecule is C#CC(=O)N1CC(C(=O)NCC)C1. The summed E-state index contributed by atoms with van der Waals surface area (Å²) in [6.45, 7) is 3.39. The number of carbonyl (C=O) groups is 2. The van der Waals surface area contributed by atoms with Crippen LogP contribution in [0.4, 0.5) is 0 Å². The average Bonchev–Trinajstić information content (AvgIpc) is 2.01. The molecule has 0 radical (unpaired) electrons. The Morgan fingerprint density at radius 3 is 2.69 bits per heavy atom. The Bertz CT molecular complexity index is 261. The lowest BCUT2D eigenvalue weighted by atomic mass is 9.99. The molecule has 1 aliphatic heterocycles. The molecule has 1 fully saturated rings. The molecule has 0 aromatic carbocycles. The smallest absolute Gasteiger partial charge is 0.298 e. The van der Waals surface area contributed by atoms with Gasteiger partial charge in [0.25, 0.3) is 5.91 Å². The van der Waals surface area contributed by atoms with E-state index in [4.69, 9.17) is 6.42 Å². The summed E-state index contributed by atoms with van der Waals surface area (Å²) >= 11 is 0. The van der Waals surface area contributed by atoms with Crippen molar-refractivity contribution in [1.82, 2.24) is 10.2 Å². The summed E-state index contributed by atoms with van der Waals surface area (Å²) in [6.07, 6.45) is 4.92. The number of amides is 2. The van der Waals surface area contributed by atoms with E-state index in [2.05, 4.69) is 5.32 Å². The quantitative estimate of drug-likeness (QED) is 0.566. The summed E-state index contributed by atoms with van der Waals surface area (Å²) < 4.78 is 0.